The summed E-state index contributed by atoms with van der Waals surface area (Å²) in [5.74, 6) is 0.815. The van der Waals surface area contributed by atoms with Crippen LogP contribution in [0.25, 0.3) is 11.4 Å². The SMILES string of the molecule is Cc1ccc(C(=O)N2CCc3nc(-c4ccccc4)ncc3C2)cc1. The maximum absolute atomic E-state index is 12.7. The van der Waals surface area contributed by atoms with E-state index in [1.54, 1.807) is 0 Å². The monoisotopic (exact) mass is 329 g/mol. The quantitative estimate of drug-likeness (QED) is 0.721. The smallest absolute Gasteiger partial charge is 0.254 e. The summed E-state index contributed by atoms with van der Waals surface area (Å²) in [6.07, 6.45) is 2.62. The predicted molar refractivity (Wildman–Crippen MR) is 97.1 cm³/mol. The molecule has 124 valence electrons. The van der Waals surface area contributed by atoms with Crippen LogP contribution in [0.1, 0.15) is 27.2 Å². The van der Waals surface area contributed by atoms with Gasteiger partial charge in [0.25, 0.3) is 5.91 Å². The van der Waals surface area contributed by atoms with Crippen molar-refractivity contribution in [3.8, 4) is 11.4 Å². The van der Waals surface area contributed by atoms with Gasteiger partial charge in [0.2, 0.25) is 0 Å². The van der Waals surface area contributed by atoms with Crippen LogP contribution in [0.5, 0.6) is 0 Å². The van der Waals surface area contributed by atoms with Gasteiger partial charge in [-0.2, -0.15) is 0 Å². The summed E-state index contributed by atoms with van der Waals surface area (Å²) in [7, 11) is 0. The molecule has 2 aromatic carbocycles. The third-order valence-corrected chi connectivity index (χ3v) is 4.55. The molecule has 3 aromatic rings. The van der Waals surface area contributed by atoms with E-state index >= 15 is 0 Å². The Hall–Kier alpha value is -3.01. The highest BCUT2D eigenvalue weighted by Gasteiger charge is 2.23. The molecule has 4 nitrogen and oxygen atoms in total. The molecule has 0 atom stereocenters. The molecule has 1 aliphatic rings. The van der Waals surface area contributed by atoms with Crippen LogP contribution in [-0.2, 0) is 13.0 Å². The molecule has 25 heavy (non-hydrogen) atoms. The Labute approximate surface area is 147 Å². The van der Waals surface area contributed by atoms with Crippen LogP contribution in [0.15, 0.2) is 60.8 Å². The molecule has 4 rings (SSSR count). The minimum absolute atomic E-state index is 0.0674. The standard InChI is InChI=1S/C21H19N3O/c1-15-7-9-17(10-8-15)21(25)24-12-11-19-18(14-24)13-22-20(23-19)16-5-3-2-4-6-16/h2-10,13H,11-12,14H2,1H3. The highest BCUT2D eigenvalue weighted by Crippen LogP contribution is 2.22. The number of hydrogen-bond acceptors (Lipinski definition) is 3. The van der Waals surface area contributed by atoms with Crippen LogP contribution in [0.3, 0.4) is 0 Å². The number of aromatic nitrogens is 2. The van der Waals surface area contributed by atoms with Crippen molar-refractivity contribution in [2.24, 2.45) is 0 Å². The van der Waals surface area contributed by atoms with E-state index in [9.17, 15) is 4.79 Å². The largest absolute Gasteiger partial charge is 0.334 e. The van der Waals surface area contributed by atoms with Crippen LogP contribution >= 0.6 is 0 Å². The van der Waals surface area contributed by atoms with Crippen LogP contribution in [-0.4, -0.2) is 27.3 Å². The van der Waals surface area contributed by atoms with Crippen molar-refractivity contribution in [1.29, 1.82) is 0 Å². The average molecular weight is 329 g/mol. The number of amides is 1. The van der Waals surface area contributed by atoms with Gasteiger partial charge in [-0.3, -0.25) is 4.79 Å². The molecule has 1 amide bonds. The van der Waals surface area contributed by atoms with E-state index in [0.29, 0.717) is 13.1 Å². The minimum Gasteiger partial charge on any atom is -0.334 e. The van der Waals surface area contributed by atoms with Gasteiger partial charge in [0.15, 0.2) is 5.82 Å². The van der Waals surface area contributed by atoms with Crippen molar-refractivity contribution in [2.75, 3.05) is 6.54 Å². The Kier molecular flexibility index (Phi) is 4.02. The van der Waals surface area contributed by atoms with Gasteiger partial charge in [0.05, 0.1) is 5.69 Å². The van der Waals surface area contributed by atoms with Gasteiger partial charge in [-0.1, -0.05) is 48.0 Å². The minimum atomic E-state index is 0.0674. The summed E-state index contributed by atoms with van der Waals surface area (Å²) >= 11 is 0. The zero-order chi connectivity index (χ0) is 17.2. The molecule has 1 aromatic heterocycles. The second-order valence-electron chi connectivity index (χ2n) is 6.37. The van der Waals surface area contributed by atoms with E-state index in [-0.39, 0.29) is 5.91 Å². The van der Waals surface area contributed by atoms with Gasteiger partial charge in [-0.15, -0.1) is 0 Å². The highest BCUT2D eigenvalue weighted by molar-refractivity contribution is 5.94. The first-order valence-corrected chi connectivity index (χ1v) is 8.47. The summed E-state index contributed by atoms with van der Waals surface area (Å²) in [6, 6.07) is 17.7. The second-order valence-corrected chi connectivity index (χ2v) is 6.37. The van der Waals surface area contributed by atoms with E-state index in [1.165, 1.54) is 0 Å². The van der Waals surface area contributed by atoms with E-state index < -0.39 is 0 Å². The number of carbonyl (C=O) groups is 1. The van der Waals surface area contributed by atoms with Crippen molar-refractivity contribution < 1.29 is 4.79 Å². The molecule has 0 N–H and O–H groups in total. The molecule has 0 fully saturated rings. The highest BCUT2D eigenvalue weighted by atomic mass is 16.2. The van der Waals surface area contributed by atoms with Crippen molar-refractivity contribution in [1.82, 2.24) is 14.9 Å². The van der Waals surface area contributed by atoms with E-state index in [2.05, 4.69) is 4.98 Å². The van der Waals surface area contributed by atoms with Gasteiger partial charge in [-0.05, 0) is 19.1 Å². The van der Waals surface area contributed by atoms with Crippen molar-refractivity contribution in [2.45, 2.75) is 19.9 Å². The number of carbonyl (C=O) groups excluding carboxylic acids is 1. The van der Waals surface area contributed by atoms with E-state index in [0.717, 1.165) is 40.2 Å². The molecule has 0 radical (unpaired) electrons. The summed E-state index contributed by atoms with van der Waals surface area (Å²) < 4.78 is 0. The fourth-order valence-electron chi connectivity index (χ4n) is 3.09. The molecule has 0 spiro atoms. The van der Waals surface area contributed by atoms with Gasteiger partial charge < -0.3 is 4.90 Å². The summed E-state index contributed by atoms with van der Waals surface area (Å²) in [4.78, 5) is 23.8. The first kappa shape index (κ1) is 15.5. The first-order chi connectivity index (χ1) is 12.2. The fraction of sp³-hybridized carbons (Fsp3) is 0.190. The Balaban J connectivity index is 1.55. The number of nitrogens with zero attached hydrogens (tertiary/aromatic N) is 3. The molecule has 0 aliphatic carbocycles. The predicted octanol–water partition coefficient (Wildman–Crippen LogP) is 3.65. The molecule has 1 aliphatic heterocycles. The number of rotatable bonds is 2. The van der Waals surface area contributed by atoms with E-state index in [4.69, 9.17) is 4.98 Å². The summed E-state index contributed by atoms with van der Waals surface area (Å²) in [5.41, 5.74) is 4.98. The molecule has 0 unspecified atom stereocenters. The maximum Gasteiger partial charge on any atom is 0.254 e. The third kappa shape index (κ3) is 3.15. The third-order valence-electron chi connectivity index (χ3n) is 4.55. The molecular weight excluding hydrogens is 310 g/mol. The van der Waals surface area contributed by atoms with Crippen LogP contribution in [0, 0.1) is 6.92 Å². The van der Waals surface area contributed by atoms with Crippen molar-refractivity contribution in [3.05, 3.63) is 83.2 Å². The van der Waals surface area contributed by atoms with E-state index in [1.807, 2.05) is 72.6 Å². The Bertz CT molecular complexity index is 904. The number of fused-ring (bicyclic) bond motifs is 1. The Morgan fingerprint density at radius 2 is 1.80 bits per heavy atom. The van der Waals surface area contributed by atoms with Gasteiger partial charge in [-0.25, -0.2) is 9.97 Å². The lowest BCUT2D eigenvalue weighted by Crippen LogP contribution is -2.36. The lowest BCUT2D eigenvalue weighted by molar-refractivity contribution is 0.0733. The lowest BCUT2D eigenvalue weighted by atomic mass is 10.0. The summed E-state index contributed by atoms with van der Waals surface area (Å²) in [5, 5.41) is 0. The second kappa shape index (κ2) is 6.48. The molecule has 0 bridgehead atoms. The maximum atomic E-state index is 12.7. The zero-order valence-corrected chi connectivity index (χ0v) is 14.1. The molecule has 0 saturated heterocycles. The summed E-state index contributed by atoms with van der Waals surface area (Å²) in [6.45, 7) is 3.27. The number of benzene rings is 2. The van der Waals surface area contributed by atoms with Gasteiger partial charge in [0, 0.05) is 42.4 Å². The van der Waals surface area contributed by atoms with Crippen molar-refractivity contribution >= 4 is 5.91 Å². The van der Waals surface area contributed by atoms with Crippen LogP contribution in [0.2, 0.25) is 0 Å². The topological polar surface area (TPSA) is 46.1 Å². The Morgan fingerprint density at radius 1 is 1.04 bits per heavy atom. The average Bonchev–Trinajstić information content (AvgIpc) is 2.68. The Morgan fingerprint density at radius 3 is 2.56 bits per heavy atom. The van der Waals surface area contributed by atoms with Crippen molar-refractivity contribution in [3.63, 3.8) is 0 Å². The molecule has 4 heteroatoms. The van der Waals surface area contributed by atoms with Gasteiger partial charge in [0.1, 0.15) is 0 Å². The fourth-order valence-corrected chi connectivity index (χ4v) is 3.09. The zero-order valence-electron chi connectivity index (χ0n) is 14.1. The molecular formula is C21H19N3O. The normalized spacial score (nSPS) is 13.4. The molecule has 2 heterocycles. The lowest BCUT2D eigenvalue weighted by Gasteiger charge is -2.28. The first-order valence-electron chi connectivity index (χ1n) is 8.47. The van der Waals surface area contributed by atoms with Gasteiger partial charge >= 0.3 is 0 Å². The number of aryl methyl sites for hydroxylation is 1. The number of hydrogen-bond donors (Lipinski definition) is 0. The molecule has 0 saturated carbocycles. The van der Waals surface area contributed by atoms with Crippen LogP contribution in [0.4, 0.5) is 0 Å². The van der Waals surface area contributed by atoms with Crippen LogP contribution < -0.4 is 0 Å².